The maximum Gasteiger partial charge on any atom is 0.348 e. The van der Waals surface area contributed by atoms with Gasteiger partial charge in [0.1, 0.15) is 17.1 Å². The lowest BCUT2D eigenvalue weighted by molar-refractivity contribution is -0.132. The smallest absolute Gasteiger partial charge is 0.348 e. The molecule has 25 heavy (non-hydrogen) atoms. The molecule has 1 aliphatic rings. The lowest BCUT2D eigenvalue weighted by Gasteiger charge is -2.21. The van der Waals surface area contributed by atoms with Crippen molar-refractivity contribution < 1.29 is 14.3 Å². The van der Waals surface area contributed by atoms with Gasteiger partial charge in [-0.2, -0.15) is 5.10 Å². The van der Waals surface area contributed by atoms with Crippen molar-refractivity contribution in [1.29, 1.82) is 0 Å². The molecular weight excluding hydrogens is 344 g/mol. The summed E-state index contributed by atoms with van der Waals surface area (Å²) in [4.78, 5) is 24.4. The number of carbonyl (C=O) groups excluding carboxylic acids is 1. The van der Waals surface area contributed by atoms with Gasteiger partial charge in [0, 0.05) is 23.9 Å². The van der Waals surface area contributed by atoms with Crippen LogP contribution in [0.2, 0.25) is 5.02 Å². The van der Waals surface area contributed by atoms with Gasteiger partial charge in [-0.3, -0.25) is 4.79 Å². The fourth-order valence-electron chi connectivity index (χ4n) is 2.86. The van der Waals surface area contributed by atoms with Gasteiger partial charge in [0.2, 0.25) is 5.91 Å². The van der Waals surface area contributed by atoms with E-state index in [1.165, 1.54) is 11.1 Å². The van der Waals surface area contributed by atoms with Crippen LogP contribution in [0.3, 0.4) is 0 Å². The minimum Gasteiger partial charge on any atom is -0.507 e. The van der Waals surface area contributed by atoms with Gasteiger partial charge in [-0.25, -0.2) is 9.80 Å². The molecular formula is C18H17ClN2O4. The molecule has 130 valence electrons. The number of aryl methyl sites for hydroxylation is 1. The van der Waals surface area contributed by atoms with Crippen LogP contribution in [0.25, 0.3) is 0 Å². The van der Waals surface area contributed by atoms with Crippen molar-refractivity contribution in [2.24, 2.45) is 5.10 Å². The van der Waals surface area contributed by atoms with Gasteiger partial charge in [-0.15, -0.1) is 0 Å². The molecule has 2 heterocycles. The molecule has 0 fully saturated rings. The number of aromatic hydroxyl groups is 1. The van der Waals surface area contributed by atoms with Crippen molar-refractivity contribution in [3.05, 3.63) is 62.7 Å². The molecule has 0 saturated heterocycles. The average molecular weight is 361 g/mol. The maximum atomic E-state index is 12.3. The Morgan fingerprint density at radius 2 is 2.08 bits per heavy atom. The molecule has 2 aromatic rings. The van der Waals surface area contributed by atoms with Crippen LogP contribution in [0.1, 0.15) is 42.7 Å². The van der Waals surface area contributed by atoms with Crippen LogP contribution in [-0.4, -0.2) is 21.7 Å². The molecule has 1 aromatic carbocycles. The third-order valence-corrected chi connectivity index (χ3v) is 4.32. The summed E-state index contributed by atoms with van der Waals surface area (Å²) < 4.78 is 5.06. The predicted molar refractivity (Wildman–Crippen MR) is 93.9 cm³/mol. The molecule has 0 spiro atoms. The van der Waals surface area contributed by atoms with E-state index in [2.05, 4.69) is 5.10 Å². The SMILES string of the molecule is CCC(=O)N1N=C(c2c(O)cc(C)oc2=O)CC1c1ccc(Cl)cc1. The molecule has 6 nitrogen and oxygen atoms in total. The maximum absolute atomic E-state index is 12.3. The second-order valence-corrected chi connectivity index (χ2v) is 6.25. The highest BCUT2D eigenvalue weighted by molar-refractivity contribution is 6.30. The second kappa shape index (κ2) is 6.72. The molecule has 1 amide bonds. The summed E-state index contributed by atoms with van der Waals surface area (Å²) in [6.07, 6.45) is 0.574. The zero-order chi connectivity index (χ0) is 18.1. The Hall–Kier alpha value is -2.60. The number of nitrogens with zero attached hydrogens (tertiary/aromatic N) is 2. The van der Waals surface area contributed by atoms with E-state index in [0.29, 0.717) is 22.9 Å². The monoisotopic (exact) mass is 360 g/mol. The van der Waals surface area contributed by atoms with Gasteiger partial charge in [-0.1, -0.05) is 30.7 Å². The topological polar surface area (TPSA) is 83.1 Å². The number of carbonyl (C=O) groups is 1. The summed E-state index contributed by atoms with van der Waals surface area (Å²) >= 11 is 5.93. The first-order valence-electron chi connectivity index (χ1n) is 7.89. The molecule has 1 atom stereocenters. The summed E-state index contributed by atoms with van der Waals surface area (Å²) in [5, 5.41) is 16.4. The van der Waals surface area contributed by atoms with Gasteiger partial charge in [0.05, 0.1) is 11.8 Å². The van der Waals surface area contributed by atoms with Gasteiger partial charge in [0.15, 0.2) is 0 Å². The Kier molecular flexibility index (Phi) is 4.63. The van der Waals surface area contributed by atoms with Crippen molar-refractivity contribution in [2.45, 2.75) is 32.7 Å². The summed E-state index contributed by atoms with van der Waals surface area (Å²) in [7, 11) is 0. The number of rotatable bonds is 3. The van der Waals surface area contributed by atoms with E-state index >= 15 is 0 Å². The highest BCUT2D eigenvalue weighted by Gasteiger charge is 2.34. The summed E-state index contributed by atoms with van der Waals surface area (Å²) in [6.45, 7) is 3.32. The van der Waals surface area contributed by atoms with Crippen molar-refractivity contribution in [2.75, 3.05) is 0 Å². The minimum absolute atomic E-state index is 0.00373. The number of hydrazone groups is 1. The van der Waals surface area contributed by atoms with E-state index in [1.807, 2.05) is 12.1 Å². The number of amides is 1. The largest absolute Gasteiger partial charge is 0.507 e. The third-order valence-electron chi connectivity index (χ3n) is 4.07. The number of hydrogen-bond donors (Lipinski definition) is 1. The van der Waals surface area contributed by atoms with E-state index < -0.39 is 5.63 Å². The Morgan fingerprint density at radius 3 is 2.68 bits per heavy atom. The van der Waals surface area contributed by atoms with Crippen molar-refractivity contribution >= 4 is 23.2 Å². The van der Waals surface area contributed by atoms with Crippen LogP contribution in [-0.2, 0) is 4.79 Å². The molecule has 1 N–H and O–H groups in total. The molecule has 0 aliphatic carbocycles. The Bertz CT molecular complexity index is 902. The molecule has 1 aromatic heterocycles. The molecule has 3 rings (SSSR count). The summed E-state index contributed by atoms with van der Waals surface area (Å²) in [6, 6.07) is 8.11. The first kappa shape index (κ1) is 17.2. The number of benzene rings is 1. The van der Waals surface area contributed by atoms with Crippen molar-refractivity contribution in [3.8, 4) is 5.75 Å². The first-order chi connectivity index (χ1) is 11.9. The van der Waals surface area contributed by atoms with Gasteiger partial charge in [0.25, 0.3) is 0 Å². The number of hydrogen-bond acceptors (Lipinski definition) is 5. The minimum atomic E-state index is -0.670. The highest BCUT2D eigenvalue weighted by Crippen LogP contribution is 2.34. The fraction of sp³-hybridized carbons (Fsp3) is 0.278. The van der Waals surface area contributed by atoms with Crippen LogP contribution < -0.4 is 5.63 Å². The average Bonchev–Trinajstić information content (AvgIpc) is 2.98. The third kappa shape index (κ3) is 3.30. The highest BCUT2D eigenvalue weighted by atomic mass is 35.5. The first-order valence-corrected chi connectivity index (χ1v) is 8.27. The fourth-order valence-corrected chi connectivity index (χ4v) is 2.99. The van der Waals surface area contributed by atoms with E-state index in [9.17, 15) is 14.7 Å². The zero-order valence-corrected chi connectivity index (χ0v) is 14.6. The normalized spacial score (nSPS) is 16.8. The zero-order valence-electron chi connectivity index (χ0n) is 13.8. The van der Waals surface area contributed by atoms with E-state index in [-0.39, 0.29) is 29.7 Å². The summed E-state index contributed by atoms with van der Waals surface area (Å²) in [5.41, 5.74) is 0.502. The molecule has 7 heteroatoms. The molecule has 1 aliphatic heterocycles. The van der Waals surface area contributed by atoms with Crippen LogP contribution in [0.5, 0.6) is 5.75 Å². The van der Waals surface area contributed by atoms with E-state index in [0.717, 1.165) is 5.56 Å². The van der Waals surface area contributed by atoms with Gasteiger partial charge in [-0.05, 0) is 24.6 Å². The quantitative estimate of drug-likeness (QED) is 0.909. The molecule has 0 saturated carbocycles. The standard InChI is InChI=1S/C18H17ClN2O4/c1-3-16(23)21-14(11-4-6-12(19)7-5-11)9-13(20-21)17-15(22)8-10(2)25-18(17)24/h4-8,14,22H,3,9H2,1-2H3. The molecule has 0 radical (unpaired) electrons. The van der Waals surface area contributed by atoms with Gasteiger partial charge < -0.3 is 9.52 Å². The van der Waals surface area contributed by atoms with Crippen molar-refractivity contribution in [1.82, 2.24) is 5.01 Å². The van der Waals surface area contributed by atoms with E-state index in [4.69, 9.17) is 16.0 Å². The Morgan fingerprint density at radius 1 is 1.40 bits per heavy atom. The second-order valence-electron chi connectivity index (χ2n) is 5.81. The van der Waals surface area contributed by atoms with Gasteiger partial charge >= 0.3 is 5.63 Å². The van der Waals surface area contributed by atoms with Crippen LogP contribution >= 0.6 is 11.6 Å². The lowest BCUT2D eigenvalue weighted by Crippen LogP contribution is -2.26. The van der Waals surface area contributed by atoms with E-state index in [1.54, 1.807) is 26.0 Å². The lowest BCUT2D eigenvalue weighted by atomic mass is 9.98. The molecule has 0 bridgehead atoms. The van der Waals surface area contributed by atoms with Crippen LogP contribution in [0.15, 0.2) is 44.6 Å². The Balaban J connectivity index is 2.04. The molecule has 1 unspecified atom stereocenters. The Labute approximate surface area is 149 Å². The summed E-state index contributed by atoms with van der Waals surface area (Å²) in [5.74, 6) is -0.0697. The predicted octanol–water partition coefficient (Wildman–Crippen LogP) is 3.39. The van der Waals surface area contributed by atoms with Crippen LogP contribution in [0, 0.1) is 6.92 Å². The van der Waals surface area contributed by atoms with Crippen LogP contribution in [0.4, 0.5) is 0 Å². The van der Waals surface area contributed by atoms with Crippen molar-refractivity contribution in [3.63, 3.8) is 0 Å². The number of halogens is 1.